The van der Waals surface area contributed by atoms with Crippen molar-refractivity contribution in [2.75, 3.05) is 5.32 Å². The fourth-order valence-electron chi connectivity index (χ4n) is 2.32. The van der Waals surface area contributed by atoms with Crippen molar-refractivity contribution < 1.29 is 18.8 Å². The lowest BCUT2D eigenvalue weighted by Crippen LogP contribution is -2.15. The lowest BCUT2D eigenvalue weighted by Gasteiger charge is -2.07. The fraction of sp³-hybridized carbons (Fsp3) is 0.0556. The van der Waals surface area contributed by atoms with Gasteiger partial charge < -0.3 is 10.1 Å². The third-order valence-corrected chi connectivity index (χ3v) is 3.64. The molecule has 0 saturated carbocycles. The lowest BCUT2D eigenvalue weighted by molar-refractivity contribution is -0.386. The van der Waals surface area contributed by atoms with Gasteiger partial charge in [0, 0.05) is 18.3 Å². The number of hydrogen-bond acceptors (Lipinski definition) is 6. The molecule has 2 aromatic carbocycles. The van der Waals surface area contributed by atoms with Gasteiger partial charge in [-0.1, -0.05) is 12.1 Å². The van der Waals surface area contributed by atoms with Crippen molar-refractivity contribution in [3.8, 4) is 11.8 Å². The first-order chi connectivity index (χ1) is 13.5. The Morgan fingerprint density at radius 2 is 2.11 bits per heavy atom. The molecular weight excluding hydrogens is 369 g/mol. The Bertz CT molecular complexity index is 1090. The highest BCUT2D eigenvalue weighted by atomic mass is 19.1. The van der Waals surface area contributed by atoms with Gasteiger partial charge in [-0.3, -0.25) is 14.9 Å². The van der Waals surface area contributed by atoms with Crippen LogP contribution in [0, 0.1) is 27.3 Å². The molecule has 0 unspecified atom stereocenters. The molecule has 0 spiro atoms. The van der Waals surface area contributed by atoms with Crippen LogP contribution in [-0.2, 0) is 6.73 Å². The number of nitrogens with zero attached hydrogens (tertiary/aromatic N) is 4. The quantitative estimate of drug-likeness (QED) is 0.517. The van der Waals surface area contributed by atoms with Crippen molar-refractivity contribution in [3.05, 3.63) is 81.9 Å². The van der Waals surface area contributed by atoms with Crippen LogP contribution in [0.15, 0.2) is 54.7 Å². The molecule has 28 heavy (non-hydrogen) atoms. The molecule has 1 N–H and O–H groups in total. The number of halogens is 1. The number of para-hydroxylation sites is 1. The molecule has 0 bridgehead atoms. The number of aromatic nitrogens is 2. The van der Waals surface area contributed by atoms with Crippen LogP contribution >= 0.6 is 0 Å². The summed E-state index contributed by atoms with van der Waals surface area (Å²) in [4.78, 5) is 22.6. The van der Waals surface area contributed by atoms with E-state index in [2.05, 4.69) is 10.4 Å². The molecule has 10 heteroatoms. The topological polar surface area (TPSA) is 123 Å². The Labute approximate surface area is 157 Å². The number of nitriles is 1. The summed E-state index contributed by atoms with van der Waals surface area (Å²) in [7, 11) is 0. The average molecular weight is 381 g/mol. The molecule has 1 heterocycles. The molecule has 0 aliphatic carbocycles. The van der Waals surface area contributed by atoms with E-state index >= 15 is 0 Å². The maximum Gasteiger partial charge on any atom is 0.311 e. The van der Waals surface area contributed by atoms with Gasteiger partial charge in [0.2, 0.25) is 5.75 Å². The molecule has 3 aromatic rings. The molecule has 3 rings (SSSR count). The van der Waals surface area contributed by atoms with Crippen LogP contribution in [0.5, 0.6) is 5.75 Å². The van der Waals surface area contributed by atoms with Crippen LogP contribution in [0.2, 0.25) is 0 Å². The molecule has 0 radical (unpaired) electrons. The second kappa shape index (κ2) is 7.96. The zero-order valence-corrected chi connectivity index (χ0v) is 14.2. The van der Waals surface area contributed by atoms with Crippen molar-refractivity contribution in [2.45, 2.75) is 6.73 Å². The Morgan fingerprint density at radius 1 is 1.32 bits per heavy atom. The standard InChI is InChI=1S/C18H12FN5O4/c19-13-5-6-16(24(26)27)17(9-13)28-11-23-8-7-15(22-23)18(25)21-14-4-2-1-3-12(14)10-20/h1-9H,11H2,(H,21,25). The maximum absolute atomic E-state index is 13.3. The van der Waals surface area contributed by atoms with Gasteiger partial charge >= 0.3 is 5.69 Å². The third kappa shape index (κ3) is 4.10. The number of nitro groups is 1. The van der Waals surface area contributed by atoms with Gasteiger partial charge in [0.1, 0.15) is 11.9 Å². The van der Waals surface area contributed by atoms with E-state index in [0.29, 0.717) is 11.3 Å². The van der Waals surface area contributed by atoms with Crippen LogP contribution in [0.3, 0.4) is 0 Å². The highest BCUT2D eigenvalue weighted by Gasteiger charge is 2.17. The van der Waals surface area contributed by atoms with Gasteiger partial charge in [-0.05, 0) is 24.3 Å². The highest BCUT2D eigenvalue weighted by molar-refractivity contribution is 6.03. The maximum atomic E-state index is 13.3. The minimum atomic E-state index is -0.691. The summed E-state index contributed by atoms with van der Waals surface area (Å²) in [5, 5.41) is 26.6. The molecule has 0 aliphatic rings. The SMILES string of the molecule is N#Cc1ccccc1NC(=O)c1ccn(COc2cc(F)ccc2[N+](=O)[O-])n1. The number of amides is 1. The van der Waals surface area contributed by atoms with Crippen LogP contribution in [0.25, 0.3) is 0 Å². The van der Waals surface area contributed by atoms with E-state index in [1.54, 1.807) is 24.3 Å². The smallest absolute Gasteiger partial charge is 0.311 e. The van der Waals surface area contributed by atoms with Crippen molar-refractivity contribution in [1.82, 2.24) is 9.78 Å². The van der Waals surface area contributed by atoms with E-state index < -0.39 is 16.6 Å². The number of nitrogens with one attached hydrogen (secondary N) is 1. The van der Waals surface area contributed by atoms with Crippen LogP contribution < -0.4 is 10.1 Å². The predicted molar refractivity (Wildman–Crippen MR) is 95.0 cm³/mol. The molecule has 140 valence electrons. The van der Waals surface area contributed by atoms with Crippen LogP contribution in [0.1, 0.15) is 16.1 Å². The van der Waals surface area contributed by atoms with E-state index in [1.807, 2.05) is 6.07 Å². The fourth-order valence-corrected chi connectivity index (χ4v) is 2.32. The number of nitro benzene ring substituents is 1. The number of hydrogen-bond donors (Lipinski definition) is 1. The summed E-state index contributed by atoms with van der Waals surface area (Å²) in [6, 6.07) is 12.7. The Morgan fingerprint density at radius 3 is 2.86 bits per heavy atom. The van der Waals surface area contributed by atoms with E-state index in [0.717, 1.165) is 18.2 Å². The summed E-state index contributed by atoms with van der Waals surface area (Å²) < 4.78 is 19.8. The van der Waals surface area contributed by atoms with Gasteiger partial charge in [0.05, 0.1) is 16.2 Å². The first kappa shape index (κ1) is 18.5. The van der Waals surface area contributed by atoms with Gasteiger partial charge in [-0.15, -0.1) is 0 Å². The van der Waals surface area contributed by atoms with Gasteiger partial charge in [0.15, 0.2) is 12.4 Å². The number of carbonyl (C=O) groups excluding carboxylic acids is 1. The Kier molecular flexibility index (Phi) is 5.27. The molecule has 0 fully saturated rings. The second-order valence-electron chi connectivity index (χ2n) is 5.49. The molecule has 0 atom stereocenters. The van der Waals surface area contributed by atoms with E-state index in [4.69, 9.17) is 10.00 Å². The zero-order chi connectivity index (χ0) is 20.1. The van der Waals surface area contributed by atoms with Gasteiger partial charge in [0.25, 0.3) is 5.91 Å². The van der Waals surface area contributed by atoms with Crippen molar-refractivity contribution in [3.63, 3.8) is 0 Å². The van der Waals surface area contributed by atoms with Crippen LogP contribution in [-0.4, -0.2) is 20.6 Å². The molecule has 0 aliphatic heterocycles. The predicted octanol–water partition coefficient (Wildman–Crippen LogP) is 3.09. The molecule has 9 nitrogen and oxygen atoms in total. The molecule has 1 amide bonds. The number of rotatable bonds is 6. The largest absolute Gasteiger partial charge is 0.464 e. The summed E-state index contributed by atoms with van der Waals surface area (Å²) in [5.41, 5.74) is 0.304. The number of anilines is 1. The number of benzene rings is 2. The normalized spacial score (nSPS) is 10.1. The van der Waals surface area contributed by atoms with Crippen molar-refractivity contribution >= 4 is 17.3 Å². The third-order valence-electron chi connectivity index (χ3n) is 3.64. The minimum absolute atomic E-state index is 0.0464. The Balaban J connectivity index is 1.70. The Hall–Kier alpha value is -4.26. The minimum Gasteiger partial charge on any atom is -0.464 e. The van der Waals surface area contributed by atoms with Crippen molar-refractivity contribution in [2.24, 2.45) is 0 Å². The molecular formula is C18H12FN5O4. The molecule has 1 aromatic heterocycles. The first-order valence-electron chi connectivity index (χ1n) is 7.88. The van der Waals surface area contributed by atoms with Crippen LogP contribution in [0.4, 0.5) is 15.8 Å². The second-order valence-corrected chi connectivity index (χ2v) is 5.49. The first-order valence-corrected chi connectivity index (χ1v) is 7.88. The van der Waals surface area contributed by atoms with E-state index in [9.17, 15) is 19.3 Å². The summed E-state index contributed by atoms with van der Waals surface area (Å²) in [5.74, 6) is -1.48. The monoisotopic (exact) mass is 381 g/mol. The average Bonchev–Trinajstić information content (AvgIpc) is 3.16. The van der Waals surface area contributed by atoms with E-state index in [1.165, 1.54) is 16.9 Å². The number of ether oxygens (including phenoxy) is 1. The van der Waals surface area contributed by atoms with Crippen molar-refractivity contribution in [1.29, 1.82) is 5.26 Å². The lowest BCUT2D eigenvalue weighted by atomic mass is 10.2. The summed E-state index contributed by atoms with van der Waals surface area (Å²) in [6.07, 6.45) is 1.43. The highest BCUT2D eigenvalue weighted by Crippen LogP contribution is 2.27. The van der Waals surface area contributed by atoms with Gasteiger partial charge in [-0.25, -0.2) is 9.07 Å². The molecule has 0 saturated heterocycles. The van der Waals surface area contributed by atoms with Gasteiger partial charge in [-0.2, -0.15) is 10.4 Å². The zero-order valence-electron chi connectivity index (χ0n) is 14.2. The summed E-state index contributed by atoms with van der Waals surface area (Å²) >= 11 is 0. The number of carbonyl (C=O) groups is 1. The summed E-state index contributed by atoms with van der Waals surface area (Å²) in [6.45, 7) is -0.271. The van der Waals surface area contributed by atoms with E-state index in [-0.39, 0.29) is 23.9 Å².